The number of ether oxygens (including phenoxy) is 1. The first kappa shape index (κ1) is 18.9. The van der Waals surface area contributed by atoms with E-state index in [2.05, 4.69) is 36.0 Å². The predicted molar refractivity (Wildman–Crippen MR) is 86.8 cm³/mol. The number of rotatable bonds is 13. The molecule has 0 aliphatic heterocycles. The topological polar surface area (TPSA) is 26.3 Å². The minimum Gasteiger partial charge on any atom is -0.469 e. The fourth-order valence-corrected chi connectivity index (χ4v) is 2.01. The van der Waals surface area contributed by atoms with E-state index in [4.69, 9.17) is 0 Å². The van der Waals surface area contributed by atoms with Crippen LogP contribution in [0.25, 0.3) is 0 Å². The highest BCUT2D eigenvalue weighted by Crippen LogP contribution is 2.09. The fourth-order valence-electron chi connectivity index (χ4n) is 2.01. The van der Waals surface area contributed by atoms with Gasteiger partial charge in [-0.25, -0.2) is 0 Å². The lowest BCUT2D eigenvalue weighted by atomic mass is 10.1. The lowest BCUT2D eigenvalue weighted by molar-refractivity contribution is -0.140. The maximum Gasteiger partial charge on any atom is 0.305 e. The Morgan fingerprint density at radius 2 is 1.40 bits per heavy atom. The maximum absolute atomic E-state index is 10.9. The molecule has 0 rings (SSSR count). The molecule has 0 bridgehead atoms. The molecule has 116 valence electrons. The van der Waals surface area contributed by atoms with Crippen LogP contribution in [0, 0.1) is 0 Å². The van der Waals surface area contributed by atoms with Crippen LogP contribution in [0.2, 0.25) is 0 Å². The van der Waals surface area contributed by atoms with Gasteiger partial charge in [0.2, 0.25) is 0 Å². The molecule has 0 aromatic carbocycles. The molecule has 0 saturated heterocycles. The Bertz CT molecular complexity index is 267. The Morgan fingerprint density at radius 1 is 0.850 bits per heavy atom. The van der Waals surface area contributed by atoms with E-state index in [9.17, 15) is 4.79 Å². The van der Waals surface area contributed by atoms with Crippen LogP contribution in [0.15, 0.2) is 24.3 Å². The third-order valence-electron chi connectivity index (χ3n) is 3.34. The van der Waals surface area contributed by atoms with Gasteiger partial charge in [0.25, 0.3) is 0 Å². The van der Waals surface area contributed by atoms with Gasteiger partial charge >= 0.3 is 5.97 Å². The van der Waals surface area contributed by atoms with Gasteiger partial charge in [0.05, 0.1) is 7.11 Å². The highest BCUT2D eigenvalue weighted by Gasteiger charge is 1.98. The van der Waals surface area contributed by atoms with Gasteiger partial charge in [-0.05, 0) is 25.7 Å². The van der Waals surface area contributed by atoms with E-state index in [0.717, 1.165) is 12.8 Å². The first-order chi connectivity index (χ1) is 9.81. The zero-order valence-corrected chi connectivity index (χ0v) is 13.4. The molecular formula is C18H32O2. The molecule has 0 radical (unpaired) electrons. The van der Waals surface area contributed by atoms with E-state index in [0.29, 0.717) is 6.42 Å². The summed E-state index contributed by atoms with van der Waals surface area (Å²) in [7, 11) is 1.45. The van der Waals surface area contributed by atoms with Crippen LogP contribution >= 0.6 is 0 Å². The average molecular weight is 280 g/mol. The monoisotopic (exact) mass is 280 g/mol. The summed E-state index contributed by atoms with van der Waals surface area (Å²) in [6.45, 7) is 2.22. The molecule has 2 heteroatoms. The minimum absolute atomic E-state index is 0.0814. The average Bonchev–Trinajstić information content (AvgIpc) is 2.47. The van der Waals surface area contributed by atoms with Crippen molar-refractivity contribution in [2.45, 2.75) is 77.6 Å². The van der Waals surface area contributed by atoms with E-state index in [1.807, 2.05) is 0 Å². The van der Waals surface area contributed by atoms with Crippen LogP contribution in [0.4, 0.5) is 0 Å². The molecule has 0 unspecified atom stereocenters. The largest absolute Gasteiger partial charge is 0.469 e. The Hall–Kier alpha value is -1.05. The van der Waals surface area contributed by atoms with Crippen molar-refractivity contribution in [3.05, 3.63) is 24.3 Å². The van der Waals surface area contributed by atoms with E-state index >= 15 is 0 Å². The van der Waals surface area contributed by atoms with Crippen LogP contribution in [0.3, 0.4) is 0 Å². The number of carbonyl (C=O) groups excluding carboxylic acids is 1. The summed E-state index contributed by atoms with van der Waals surface area (Å²) in [6, 6.07) is 0. The zero-order valence-electron chi connectivity index (χ0n) is 13.4. The first-order valence-electron chi connectivity index (χ1n) is 8.19. The molecule has 0 aliphatic rings. The number of allylic oxidation sites excluding steroid dienone is 4. The van der Waals surface area contributed by atoms with Crippen LogP contribution < -0.4 is 0 Å². The number of unbranched alkanes of at least 4 members (excludes halogenated alkanes) is 8. The van der Waals surface area contributed by atoms with Crippen LogP contribution in [0.1, 0.15) is 77.6 Å². The van der Waals surface area contributed by atoms with E-state index in [-0.39, 0.29) is 5.97 Å². The molecule has 0 aromatic heterocycles. The van der Waals surface area contributed by atoms with Gasteiger partial charge in [-0.2, -0.15) is 0 Å². The SMILES string of the molecule is CCCCC=CC=CCCCCCCCCC(=O)OC. The molecule has 2 nitrogen and oxygen atoms in total. The molecule has 0 aliphatic carbocycles. The molecule has 20 heavy (non-hydrogen) atoms. The summed E-state index contributed by atoms with van der Waals surface area (Å²) in [4.78, 5) is 10.9. The second kappa shape index (κ2) is 16.0. The van der Waals surface area contributed by atoms with Crippen molar-refractivity contribution in [3.63, 3.8) is 0 Å². The standard InChI is InChI=1S/C18H32O2/c1-3-4-5-6-7-8-9-10-11-12-13-14-15-16-17-18(19)20-2/h6-9H,3-5,10-17H2,1-2H3. The molecule has 0 N–H and O–H groups in total. The molecule has 0 fully saturated rings. The summed E-state index contributed by atoms with van der Waals surface area (Å²) in [5, 5.41) is 0. The zero-order chi connectivity index (χ0) is 14.9. The predicted octanol–water partition coefficient (Wildman–Crippen LogP) is 5.58. The number of esters is 1. The Morgan fingerprint density at radius 3 is 2.00 bits per heavy atom. The van der Waals surface area contributed by atoms with Crippen LogP contribution in [-0.2, 0) is 9.53 Å². The van der Waals surface area contributed by atoms with Crippen molar-refractivity contribution >= 4 is 5.97 Å². The third-order valence-corrected chi connectivity index (χ3v) is 3.34. The molecule has 0 saturated carbocycles. The maximum atomic E-state index is 10.9. The van der Waals surface area contributed by atoms with E-state index < -0.39 is 0 Å². The van der Waals surface area contributed by atoms with Gasteiger partial charge in [-0.1, -0.05) is 69.8 Å². The normalized spacial score (nSPS) is 11.5. The molecular weight excluding hydrogens is 248 g/mol. The minimum atomic E-state index is -0.0814. The molecule has 0 amide bonds. The Kier molecular flexibility index (Phi) is 15.2. The summed E-state index contributed by atoms with van der Waals surface area (Å²) >= 11 is 0. The second-order valence-corrected chi connectivity index (χ2v) is 5.23. The molecule has 0 heterocycles. The van der Waals surface area contributed by atoms with Gasteiger partial charge in [0.1, 0.15) is 0 Å². The van der Waals surface area contributed by atoms with Crippen LogP contribution in [-0.4, -0.2) is 13.1 Å². The van der Waals surface area contributed by atoms with Gasteiger partial charge in [-0.15, -0.1) is 0 Å². The second-order valence-electron chi connectivity index (χ2n) is 5.23. The van der Waals surface area contributed by atoms with Crippen molar-refractivity contribution in [2.75, 3.05) is 7.11 Å². The van der Waals surface area contributed by atoms with Crippen molar-refractivity contribution in [3.8, 4) is 0 Å². The number of methoxy groups -OCH3 is 1. The van der Waals surface area contributed by atoms with Gasteiger partial charge in [0, 0.05) is 6.42 Å². The highest BCUT2D eigenvalue weighted by atomic mass is 16.5. The van der Waals surface area contributed by atoms with Crippen molar-refractivity contribution in [1.29, 1.82) is 0 Å². The number of hydrogen-bond donors (Lipinski definition) is 0. The van der Waals surface area contributed by atoms with Gasteiger partial charge < -0.3 is 4.74 Å². The van der Waals surface area contributed by atoms with Gasteiger partial charge in [0.15, 0.2) is 0 Å². The fraction of sp³-hybridized carbons (Fsp3) is 0.722. The summed E-state index contributed by atoms with van der Waals surface area (Å²) in [6.07, 6.45) is 21.6. The Balaban J connectivity index is 3.18. The molecule has 0 atom stereocenters. The van der Waals surface area contributed by atoms with Crippen molar-refractivity contribution in [2.24, 2.45) is 0 Å². The van der Waals surface area contributed by atoms with Crippen molar-refractivity contribution in [1.82, 2.24) is 0 Å². The third kappa shape index (κ3) is 15.0. The van der Waals surface area contributed by atoms with Gasteiger partial charge in [-0.3, -0.25) is 4.79 Å². The highest BCUT2D eigenvalue weighted by molar-refractivity contribution is 5.68. The summed E-state index contributed by atoms with van der Waals surface area (Å²) in [5.74, 6) is -0.0814. The quantitative estimate of drug-likeness (QED) is 0.250. The van der Waals surface area contributed by atoms with Crippen LogP contribution in [0.5, 0.6) is 0 Å². The summed E-state index contributed by atoms with van der Waals surface area (Å²) in [5.41, 5.74) is 0. The lowest BCUT2D eigenvalue weighted by Gasteiger charge is -2.00. The van der Waals surface area contributed by atoms with E-state index in [1.54, 1.807) is 0 Å². The number of hydrogen-bond acceptors (Lipinski definition) is 2. The summed E-state index contributed by atoms with van der Waals surface area (Å²) < 4.78 is 4.61. The van der Waals surface area contributed by atoms with Crippen molar-refractivity contribution < 1.29 is 9.53 Å². The first-order valence-corrected chi connectivity index (χ1v) is 8.19. The smallest absolute Gasteiger partial charge is 0.305 e. The van der Waals surface area contributed by atoms with E-state index in [1.165, 1.54) is 58.5 Å². The Labute approximate surface area is 125 Å². The number of carbonyl (C=O) groups is 1. The molecule has 0 aromatic rings. The lowest BCUT2D eigenvalue weighted by Crippen LogP contribution is -1.99. The molecule has 0 spiro atoms.